The zero-order valence-corrected chi connectivity index (χ0v) is 11.7. The minimum Gasteiger partial charge on any atom is -0.323 e. The van der Waals surface area contributed by atoms with Gasteiger partial charge in [0.2, 0.25) is 5.91 Å². The second-order valence-corrected chi connectivity index (χ2v) is 5.58. The van der Waals surface area contributed by atoms with E-state index in [1.54, 1.807) is 24.7 Å². The fraction of sp³-hybridized carbons (Fsp3) is 0.385. The van der Waals surface area contributed by atoms with E-state index in [0.29, 0.717) is 11.5 Å². The van der Waals surface area contributed by atoms with Crippen LogP contribution in [-0.4, -0.2) is 31.7 Å². The molecule has 2 aromatic rings. The molecule has 0 saturated heterocycles. The molecule has 0 saturated carbocycles. The van der Waals surface area contributed by atoms with Gasteiger partial charge in [-0.15, -0.1) is 0 Å². The Balaban J connectivity index is 2.06. The van der Waals surface area contributed by atoms with Crippen molar-refractivity contribution in [1.29, 1.82) is 0 Å². The second-order valence-electron chi connectivity index (χ2n) is 5.58. The molecule has 0 fully saturated rings. The van der Waals surface area contributed by atoms with Crippen molar-refractivity contribution in [3.05, 3.63) is 31.0 Å². The molecule has 0 aromatic carbocycles. The SMILES string of the molecule is CC(C)(C)[C@@H](N)C(=O)Nc1ccc(-n2cncn2)nc1. The number of carbonyl (C=O) groups excluding carboxylic acids is 1. The number of nitrogens with zero attached hydrogens (tertiary/aromatic N) is 4. The maximum absolute atomic E-state index is 12.0. The van der Waals surface area contributed by atoms with Gasteiger partial charge in [-0.1, -0.05) is 20.8 Å². The molecule has 0 unspecified atom stereocenters. The third-order valence-corrected chi connectivity index (χ3v) is 2.88. The lowest BCUT2D eigenvalue weighted by Crippen LogP contribution is -2.45. The highest BCUT2D eigenvalue weighted by molar-refractivity contribution is 5.95. The number of pyridine rings is 1. The van der Waals surface area contributed by atoms with E-state index in [9.17, 15) is 4.79 Å². The molecule has 106 valence electrons. The minimum absolute atomic E-state index is 0.229. The first kappa shape index (κ1) is 14.1. The van der Waals surface area contributed by atoms with Crippen LogP contribution < -0.4 is 11.1 Å². The van der Waals surface area contributed by atoms with Crippen LogP contribution >= 0.6 is 0 Å². The summed E-state index contributed by atoms with van der Waals surface area (Å²) in [5, 5.41) is 6.72. The summed E-state index contributed by atoms with van der Waals surface area (Å²) >= 11 is 0. The van der Waals surface area contributed by atoms with Crippen LogP contribution in [0.25, 0.3) is 5.82 Å². The van der Waals surface area contributed by atoms with E-state index in [-0.39, 0.29) is 11.3 Å². The molecule has 0 aliphatic rings. The summed E-state index contributed by atoms with van der Waals surface area (Å²) in [6.07, 6.45) is 4.54. The van der Waals surface area contributed by atoms with Gasteiger partial charge in [0.15, 0.2) is 5.82 Å². The number of anilines is 1. The summed E-state index contributed by atoms with van der Waals surface area (Å²) in [5.41, 5.74) is 6.20. The lowest BCUT2D eigenvalue weighted by atomic mass is 9.87. The standard InChI is InChI=1S/C13H18N6O/c1-13(2,3)11(14)12(20)18-9-4-5-10(16-6-9)19-8-15-7-17-19/h4-8,11H,14H2,1-3H3,(H,18,20)/t11-/m0/s1. The third kappa shape index (κ3) is 3.18. The monoisotopic (exact) mass is 274 g/mol. The van der Waals surface area contributed by atoms with E-state index in [0.717, 1.165) is 0 Å². The largest absolute Gasteiger partial charge is 0.323 e. The Bertz CT molecular complexity index is 570. The Morgan fingerprint density at radius 3 is 2.65 bits per heavy atom. The number of nitrogens with two attached hydrogens (primary N) is 1. The van der Waals surface area contributed by atoms with Gasteiger partial charge in [0.25, 0.3) is 0 Å². The van der Waals surface area contributed by atoms with Crippen molar-refractivity contribution in [1.82, 2.24) is 19.7 Å². The molecule has 2 rings (SSSR count). The summed E-state index contributed by atoms with van der Waals surface area (Å²) in [6, 6.07) is 2.90. The van der Waals surface area contributed by atoms with Gasteiger partial charge in [0.1, 0.15) is 12.7 Å². The zero-order chi connectivity index (χ0) is 14.8. The van der Waals surface area contributed by atoms with Gasteiger partial charge in [0.05, 0.1) is 17.9 Å². The van der Waals surface area contributed by atoms with Crippen LogP contribution in [0.4, 0.5) is 5.69 Å². The van der Waals surface area contributed by atoms with Gasteiger partial charge in [-0.25, -0.2) is 14.6 Å². The number of aromatic nitrogens is 4. The van der Waals surface area contributed by atoms with E-state index >= 15 is 0 Å². The van der Waals surface area contributed by atoms with Crippen LogP contribution in [0, 0.1) is 5.41 Å². The van der Waals surface area contributed by atoms with Gasteiger partial charge < -0.3 is 11.1 Å². The molecule has 20 heavy (non-hydrogen) atoms. The molecule has 0 radical (unpaired) electrons. The predicted octanol–water partition coefficient (Wildman–Crippen LogP) is 0.974. The molecule has 2 heterocycles. The average molecular weight is 274 g/mol. The van der Waals surface area contributed by atoms with Crippen LogP contribution in [0.3, 0.4) is 0 Å². The normalized spacial score (nSPS) is 13.0. The molecule has 0 aliphatic carbocycles. The maximum Gasteiger partial charge on any atom is 0.241 e. The molecular weight excluding hydrogens is 256 g/mol. The number of rotatable bonds is 3. The Labute approximate surface area is 117 Å². The summed E-state index contributed by atoms with van der Waals surface area (Å²) in [6.45, 7) is 5.76. The summed E-state index contributed by atoms with van der Waals surface area (Å²) < 4.78 is 1.53. The van der Waals surface area contributed by atoms with Crippen LogP contribution in [0.1, 0.15) is 20.8 Å². The molecule has 2 aromatic heterocycles. The van der Waals surface area contributed by atoms with E-state index in [2.05, 4.69) is 20.4 Å². The number of amides is 1. The lowest BCUT2D eigenvalue weighted by molar-refractivity contribution is -0.119. The Hall–Kier alpha value is -2.28. The Morgan fingerprint density at radius 1 is 1.40 bits per heavy atom. The van der Waals surface area contributed by atoms with Gasteiger partial charge >= 0.3 is 0 Å². The molecule has 0 spiro atoms. The molecule has 1 atom stereocenters. The van der Waals surface area contributed by atoms with E-state index < -0.39 is 6.04 Å². The van der Waals surface area contributed by atoms with Crippen molar-refractivity contribution in [3.8, 4) is 5.82 Å². The predicted molar refractivity (Wildman–Crippen MR) is 75.2 cm³/mol. The zero-order valence-electron chi connectivity index (χ0n) is 11.7. The molecule has 1 amide bonds. The van der Waals surface area contributed by atoms with E-state index in [4.69, 9.17) is 5.73 Å². The van der Waals surface area contributed by atoms with Crippen LogP contribution in [0.5, 0.6) is 0 Å². The molecule has 7 heteroatoms. The molecule has 7 nitrogen and oxygen atoms in total. The van der Waals surface area contributed by atoms with Gasteiger partial charge in [-0.2, -0.15) is 5.10 Å². The van der Waals surface area contributed by atoms with Crippen molar-refractivity contribution < 1.29 is 4.79 Å². The van der Waals surface area contributed by atoms with Crippen molar-refractivity contribution >= 4 is 11.6 Å². The van der Waals surface area contributed by atoms with Gasteiger partial charge in [-0.05, 0) is 17.5 Å². The Kier molecular flexibility index (Phi) is 3.80. The maximum atomic E-state index is 12.0. The Morgan fingerprint density at radius 2 is 2.15 bits per heavy atom. The fourth-order valence-electron chi connectivity index (χ4n) is 1.54. The third-order valence-electron chi connectivity index (χ3n) is 2.88. The topological polar surface area (TPSA) is 98.7 Å². The van der Waals surface area contributed by atoms with Gasteiger partial charge in [0, 0.05) is 0 Å². The summed E-state index contributed by atoms with van der Waals surface area (Å²) in [7, 11) is 0. The lowest BCUT2D eigenvalue weighted by Gasteiger charge is -2.25. The summed E-state index contributed by atoms with van der Waals surface area (Å²) in [5.74, 6) is 0.397. The van der Waals surface area contributed by atoms with Crippen molar-refractivity contribution in [2.45, 2.75) is 26.8 Å². The van der Waals surface area contributed by atoms with E-state index in [1.165, 1.54) is 11.0 Å². The van der Waals surface area contributed by atoms with Crippen molar-refractivity contribution in [2.24, 2.45) is 11.1 Å². The fourth-order valence-corrected chi connectivity index (χ4v) is 1.54. The number of hydrogen-bond donors (Lipinski definition) is 2. The first-order chi connectivity index (χ1) is 9.38. The highest BCUT2D eigenvalue weighted by atomic mass is 16.2. The quantitative estimate of drug-likeness (QED) is 0.869. The number of nitrogens with one attached hydrogen (secondary N) is 1. The van der Waals surface area contributed by atoms with Gasteiger partial charge in [-0.3, -0.25) is 4.79 Å². The number of carbonyl (C=O) groups is 1. The van der Waals surface area contributed by atoms with Crippen molar-refractivity contribution in [3.63, 3.8) is 0 Å². The smallest absolute Gasteiger partial charge is 0.241 e. The summed E-state index contributed by atoms with van der Waals surface area (Å²) in [4.78, 5) is 20.0. The number of hydrogen-bond acceptors (Lipinski definition) is 5. The minimum atomic E-state index is -0.586. The van der Waals surface area contributed by atoms with E-state index in [1.807, 2.05) is 20.8 Å². The van der Waals surface area contributed by atoms with Crippen LogP contribution in [0.2, 0.25) is 0 Å². The van der Waals surface area contributed by atoms with Crippen LogP contribution in [-0.2, 0) is 4.79 Å². The molecule has 0 bridgehead atoms. The highest BCUT2D eigenvalue weighted by Gasteiger charge is 2.27. The first-order valence-corrected chi connectivity index (χ1v) is 6.25. The molecular formula is C13H18N6O. The highest BCUT2D eigenvalue weighted by Crippen LogP contribution is 2.19. The second kappa shape index (κ2) is 5.38. The van der Waals surface area contributed by atoms with Crippen LogP contribution in [0.15, 0.2) is 31.0 Å². The first-order valence-electron chi connectivity index (χ1n) is 6.25. The van der Waals surface area contributed by atoms with Crippen molar-refractivity contribution in [2.75, 3.05) is 5.32 Å². The average Bonchev–Trinajstić information content (AvgIpc) is 2.91. The molecule has 3 N–H and O–H groups in total. The molecule has 0 aliphatic heterocycles.